The van der Waals surface area contributed by atoms with Gasteiger partial charge in [0.1, 0.15) is 5.56 Å². The first kappa shape index (κ1) is 18.5. The predicted molar refractivity (Wildman–Crippen MR) is 87.2 cm³/mol. The van der Waals surface area contributed by atoms with Crippen LogP contribution < -0.4 is 14.8 Å². The Morgan fingerprint density at radius 3 is 2.82 bits per heavy atom. The van der Waals surface area contributed by atoms with E-state index in [-0.39, 0.29) is 24.2 Å². The minimum atomic E-state index is -0.162. The first-order chi connectivity index (χ1) is 10.2. The third-order valence-electron chi connectivity index (χ3n) is 3.89. The SMILES string of the molecule is CCN1CCCC1CNC(=O)c1ccc(OC)nc1OC.Cl. The van der Waals surface area contributed by atoms with Gasteiger partial charge in [0.25, 0.3) is 5.91 Å². The Kier molecular flexibility index (Phi) is 7.41. The number of carbonyl (C=O) groups is 1. The van der Waals surface area contributed by atoms with Gasteiger partial charge in [-0.05, 0) is 32.0 Å². The number of aromatic nitrogens is 1. The molecule has 2 heterocycles. The summed E-state index contributed by atoms with van der Waals surface area (Å²) in [5.41, 5.74) is 0.430. The smallest absolute Gasteiger partial charge is 0.256 e. The van der Waals surface area contributed by atoms with E-state index in [1.807, 2.05) is 0 Å². The van der Waals surface area contributed by atoms with E-state index in [1.165, 1.54) is 20.6 Å². The third-order valence-corrected chi connectivity index (χ3v) is 3.89. The van der Waals surface area contributed by atoms with Gasteiger partial charge in [-0.3, -0.25) is 9.69 Å². The normalized spacial score (nSPS) is 17.7. The number of halogens is 1. The van der Waals surface area contributed by atoms with Crippen LogP contribution in [0.15, 0.2) is 12.1 Å². The van der Waals surface area contributed by atoms with Crippen molar-refractivity contribution in [1.29, 1.82) is 0 Å². The van der Waals surface area contributed by atoms with Crippen LogP contribution in [0.2, 0.25) is 0 Å². The van der Waals surface area contributed by atoms with Gasteiger partial charge in [0.05, 0.1) is 14.2 Å². The lowest BCUT2D eigenvalue weighted by Gasteiger charge is -2.23. The average Bonchev–Trinajstić information content (AvgIpc) is 2.99. The number of likely N-dealkylation sites (N-methyl/N-ethyl adjacent to an activating group) is 1. The monoisotopic (exact) mass is 329 g/mol. The van der Waals surface area contributed by atoms with Crippen LogP contribution in [0.5, 0.6) is 11.8 Å². The number of hydrogen-bond donors (Lipinski definition) is 1. The van der Waals surface area contributed by atoms with Crippen LogP contribution in [-0.2, 0) is 0 Å². The summed E-state index contributed by atoms with van der Waals surface area (Å²) in [7, 11) is 3.02. The zero-order valence-electron chi connectivity index (χ0n) is 13.3. The van der Waals surface area contributed by atoms with Crippen molar-refractivity contribution in [3.05, 3.63) is 17.7 Å². The standard InChI is InChI=1S/C15H23N3O3.ClH/c1-4-18-9-5-6-11(18)10-16-14(19)12-7-8-13(20-2)17-15(12)21-3;/h7-8,11H,4-6,9-10H2,1-3H3,(H,16,19);1H. The molecule has 0 radical (unpaired) electrons. The quantitative estimate of drug-likeness (QED) is 0.861. The number of methoxy groups -OCH3 is 2. The van der Waals surface area contributed by atoms with Gasteiger partial charge in [0.2, 0.25) is 11.8 Å². The fourth-order valence-corrected chi connectivity index (χ4v) is 2.71. The summed E-state index contributed by atoms with van der Waals surface area (Å²) in [5.74, 6) is 0.548. The molecule has 1 unspecified atom stereocenters. The molecule has 6 nitrogen and oxygen atoms in total. The minimum absolute atomic E-state index is 0. The first-order valence-corrected chi connectivity index (χ1v) is 7.30. The molecule has 1 N–H and O–H groups in total. The molecule has 1 aromatic heterocycles. The lowest BCUT2D eigenvalue weighted by atomic mass is 10.2. The number of ether oxygens (including phenoxy) is 2. The average molecular weight is 330 g/mol. The molecule has 7 heteroatoms. The zero-order chi connectivity index (χ0) is 15.2. The Balaban J connectivity index is 0.00000242. The number of nitrogens with zero attached hydrogens (tertiary/aromatic N) is 2. The summed E-state index contributed by atoms with van der Waals surface area (Å²) in [4.78, 5) is 18.8. The summed E-state index contributed by atoms with van der Waals surface area (Å²) in [6, 6.07) is 3.76. The van der Waals surface area contributed by atoms with Gasteiger partial charge in [-0.25, -0.2) is 0 Å². The van der Waals surface area contributed by atoms with E-state index in [2.05, 4.69) is 22.1 Å². The molecule has 1 fully saturated rings. The number of hydrogen-bond acceptors (Lipinski definition) is 5. The molecule has 0 aromatic carbocycles. The van der Waals surface area contributed by atoms with Crippen LogP contribution in [0.1, 0.15) is 30.1 Å². The van der Waals surface area contributed by atoms with Crippen molar-refractivity contribution in [2.45, 2.75) is 25.8 Å². The number of amides is 1. The number of pyridine rings is 1. The Labute approximate surface area is 137 Å². The highest BCUT2D eigenvalue weighted by Crippen LogP contribution is 2.20. The van der Waals surface area contributed by atoms with Gasteiger partial charge in [-0.1, -0.05) is 6.92 Å². The van der Waals surface area contributed by atoms with Gasteiger partial charge in [-0.2, -0.15) is 4.98 Å². The highest BCUT2D eigenvalue weighted by molar-refractivity contribution is 5.96. The lowest BCUT2D eigenvalue weighted by molar-refractivity contribution is 0.0937. The van der Waals surface area contributed by atoms with E-state index in [9.17, 15) is 4.79 Å². The Morgan fingerprint density at radius 1 is 1.41 bits per heavy atom. The van der Waals surface area contributed by atoms with Gasteiger partial charge < -0.3 is 14.8 Å². The molecular weight excluding hydrogens is 306 g/mol. The maximum absolute atomic E-state index is 12.3. The molecule has 1 aromatic rings. The Bertz CT molecular complexity index is 499. The molecule has 22 heavy (non-hydrogen) atoms. The number of nitrogens with one attached hydrogen (secondary N) is 1. The van der Waals surface area contributed by atoms with Crippen LogP contribution in [0.4, 0.5) is 0 Å². The fourth-order valence-electron chi connectivity index (χ4n) is 2.71. The van der Waals surface area contributed by atoms with E-state index < -0.39 is 0 Å². The molecule has 1 saturated heterocycles. The van der Waals surface area contributed by atoms with Crippen molar-refractivity contribution < 1.29 is 14.3 Å². The maximum Gasteiger partial charge on any atom is 0.256 e. The Morgan fingerprint density at radius 2 is 2.18 bits per heavy atom. The largest absolute Gasteiger partial charge is 0.481 e. The number of rotatable bonds is 6. The maximum atomic E-state index is 12.3. The van der Waals surface area contributed by atoms with E-state index in [1.54, 1.807) is 12.1 Å². The van der Waals surface area contributed by atoms with Gasteiger partial charge >= 0.3 is 0 Å². The summed E-state index contributed by atoms with van der Waals surface area (Å²) in [6.07, 6.45) is 2.33. The third kappa shape index (κ3) is 4.24. The minimum Gasteiger partial charge on any atom is -0.481 e. The van der Waals surface area contributed by atoms with E-state index in [0.717, 1.165) is 19.5 Å². The van der Waals surface area contributed by atoms with Crippen LogP contribution in [0, 0.1) is 0 Å². The number of likely N-dealkylation sites (tertiary alicyclic amines) is 1. The van der Waals surface area contributed by atoms with Crippen molar-refractivity contribution in [2.24, 2.45) is 0 Å². The summed E-state index contributed by atoms with van der Waals surface area (Å²) < 4.78 is 10.2. The highest BCUT2D eigenvalue weighted by Gasteiger charge is 2.24. The lowest BCUT2D eigenvalue weighted by Crippen LogP contribution is -2.40. The Hall–Kier alpha value is -1.53. The molecule has 2 rings (SSSR count). The van der Waals surface area contributed by atoms with Crippen molar-refractivity contribution >= 4 is 18.3 Å². The molecule has 0 saturated carbocycles. The molecule has 1 aliphatic rings. The van der Waals surface area contributed by atoms with Crippen LogP contribution >= 0.6 is 12.4 Å². The zero-order valence-corrected chi connectivity index (χ0v) is 14.1. The predicted octanol–water partition coefficient (Wildman–Crippen LogP) is 1.73. The summed E-state index contributed by atoms with van der Waals surface area (Å²) >= 11 is 0. The number of carbonyl (C=O) groups excluding carboxylic acids is 1. The molecule has 124 valence electrons. The molecule has 1 amide bonds. The fraction of sp³-hybridized carbons (Fsp3) is 0.600. The molecule has 1 aliphatic heterocycles. The van der Waals surface area contributed by atoms with Gasteiger partial charge in [0, 0.05) is 18.7 Å². The van der Waals surface area contributed by atoms with Crippen LogP contribution in [0.25, 0.3) is 0 Å². The van der Waals surface area contributed by atoms with E-state index >= 15 is 0 Å². The van der Waals surface area contributed by atoms with Gasteiger partial charge in [-0.15, -0.1) is 12.4 Å². The molecule has 0 spiro atoms. The summed E-state index contributed by atoms with van der Waals surface area (Å²) in [6.45, 7) is 4.94. The summed E-state index contributed by atoms with van der Waals surface area (Å²) in [5, 5.41) is 2.98. The van der Waals surface area contributed by atoms with E-state index in [4.69, 9.17) is 9.47 Å². The van der Waals surface area contributed by atoms with Gasteiger partial charge in [0.15, 0.2) is 0 Å². The highest BCUT2D eigenvalue weighted by atomic mass is 35.5. The molecule has 1 atom stereocenters. The van der Waals surface area contributed by atoms with Crippen molar-refractivity contribution in [3.8, 4) is 11.8 Å². The van der Waals surface area contributed by atoms with E-state index in [0.29, 0.717) is 24.0 Å². The molecular formula is C15H24ClN3O3. The molecule has 0 aliphatic carbocycles. The molecule has 0 bridgehead atoms. The topological polar surface area (TPSA) is 63.7 Å². The first-order valence-electron chi connectivity index (χ1n) is 7.30. The second kappa shape index (κ2) is 8.80. The van der Waals surface area contributed by atoms with Crippen LogP contribution in [0.3, 0.4) is 0 Å². The van der Waals surface area contributed by atoms with Crippen molar-refractivity contribution in [2.75, 3.05) is 33.9 Å². The second-order valence-corrected chi connectivity index (χ2v) is 5.05. The van der Waals surface area contributed by atoms with Crippen molar-refractivity contribution in [1.82, 2.24) is 15.2 Å². The van der Waals surface area contributed by atoms with Crippen LogP contribution in [-0.4, -0.2) is 55.7 Å². The van der Waals surface area contributed by atoms with Crippen molar-refractivity contribution in [3.63, 3.8) is 0 Å². The second-order valence-electron chi connectivity index (χ2n) is 5.05.